The maximum Gasteiger partial charge on any atom is 0.264 e. The maximum absolute atomic E-state index is 14.5. The second-order valence-corrected chi connectivity index (χ2v) is 13.4. The zero-order valence-electron chi connectivity index (χ0n) is 25.0. The van der Waals surface area contributed by atoms with Gasteiger partial charge in [0, 0.05) is 24.0 Å². The summed E-state index contributed by atoms with van der Waals surface area (Å²) in [5.74, 6) is -0.757. The van der Waals surface area contributed by atoms with E-state index >= 15 is 0 Å². The number of anilines is 1. The third kappa shape index (κ3) is 8.57. The average molecular weight is 677 g/mol. The number of rotatable bonds is 14. The van der Waals surface area contributed by atoms with Gasteiger partial charge >= 0.3 is 0 Å². The number of carbonyl (C=O) groups excluding carboxylic acids is 2. The van der Waals surface area contributed by atoms with Crippen LogP contribution in [0, 0.1) is 6.92 Å². The first kappa shape index (κ1) is 33.0. The quantitative estimate of drug-likeness (QED) is 0.154. The van der Waals surface area contributed by atoms with E-state index in [1.807, 2.05) is 68.4 Å². The molecule has 0 radical (unpaired) electrons. The van der Waals surface area contributed by atoms with Gasteiger partial charge in [0.15, 0.2) is 0 Å². The van der Waals surface area contributed by atoms with Gasteiger partial charge in [0.1, 0.15) is 12.6 Å². The Morgan fingerprint density at radius 2 is 1.45 bits per heavy atom. The van der Waals surface area contributed by atoms with Crippen LogP contribution in [0.4, 0.5) is 5.69 Å². The molecule has 0 fully saturated rings. The lowest BCUT2D eigenvalue weighted by Gasteiger charge is -2.34. The predicted molar refractivity (Wildman–Crippen MR) is 179 cm³/mol. The predicted octanol–water partition coefficient (Wildman–Crippen LogP) is 6.51. The van der Waals surface area contributed by atoms with Crippen molar-refractivity contribution in [2.24, 2.45) is 0 Å². The van der Waals surface area contributed by atoms with Crippen LogP contribution >= 0.6 is 15.9 Å². The van der Waals surface area contributed by atoms with Gasteiger partial charge in [-0.25, -0.2) is 8.42 Å². The van der Waals surface area contributed by atoms with Crippen LogP contribution in [0.5, 0.6) is 0 Å². The molecule has 0 aliphatic heterocycles. The van der Waals surface area contributed by atoms with Crippen LogP contribution in [-0.2, 0) is 32.6 Å². The highest BCUT2D eigenvalue weighted by atomic mass is 79.9. The zero-order chi connectivity index (χ0) is 31.5. The van der Waals surface area contributed by atoms with Crippen molar-refractivity contribution in [3.63, 3.8) is 0 Å². The molecule has 0 heterocycles. The van der Waals surface area contributed by atoms with Crippen LogP contribution < -0.4 is 9.62 Å². The summed E-state index contributed by atoms with van der Waals surface area (Å²) in [4.78, 5) is 29.9. The van der Waals surface area contributed by atoms with Gasteiger partial charge in [-0.2, -0.15) is 0 Å². The molecule has 4 aromatic carbocycles. The van der Waals surface area contributed by atoms with E-state index in [0.717, 1.165) is 38.3 Å². The Labute approximate surface area is 269 Å². The van der Waals surface area contributed by atoms with Crippen molar-refractivity contribution in [1.82, 2.24) is 10.2 Å². The number of hydrogen-bond acceptors (Lipinski definition) is 4. The molecule has 0 aromatic heterocycles. The minimum atomic E-state index is -4.13. The standard InChI is InChI=1S/C35H38BrN3O4S/c1-3-4-23-37-35(41)33(24-28-14-7-5-8-15-28)38(25-29-16-12-11-13-27(29)2)34(40)26-39(31-21-19-30(36)20-22-31)44(42,43)32-17-9-6-10-18-32/h5-22,33H,3-4,23-26H2,1-2H3,(H,37,41)/t33-/m0/s1. The first-order valence-corrected chi connectivity index (χ1v) is 16.9. The Morgan fingerprint density at radius 1 is 0.841 bits per heavy atom. The van der Waals surface area contributed by atoms with E-state index in [1.165, 1.54) is 17.0 Å². The maximum atomic E-state index is 14.5. The summed E-state index contributed by atoms with van der Waals surface area (Å²) in [6, 6.07) is 31.2. The number of unbranched alkanes of at least 4 members (excludes halogenated alkanes) is 1. The number of nitrogens with one attached hydrogen (secondary N) is 1. The first-order chi connectivity index (χ1) is 21.2. The fourth-order valence-corrected chi connectivity index (χ4v) is 6.59. The Bertz CT molecular complexity index is 1630. The number of aryl methyl sites for hydroxylation is 1. The van der Waals surface area contributed by atoms with Crippen LogP contribution in [0.3, 0.4) is 0 Å². The molecule has 0 bridgehead atoms. The third-order valence-corrected chi connectivity index (χ3v) is 9.74. The molecule has 9 heteroatoms. The highest BCUT2D eigenvalue weighted by Gasteiger charge is 2.34. The number of carbonyl (C=O) groups is 2. The molecule has 230 valence electrons. The number of halogens is 1. The molecule has 2 amide bonds. The van der Waals surface area contributed by atoms with E-state index in [2.05, 4.69) is 21.2 Å². The molecule has 0 spiro atoms. The molecule has 0 aliphatic carbocycles. The van der Waals surface area contributed by atoms with E-state index < -0.39 is 28.5 Å². The van der Waals surface area contributed by atoms with E-state index in [9.17, 15) is 18.0 Å². The number of amides is 2. The van der Waals surface area contributed by atoms with E-state index in [4.69, 9.17) is 0 Å². The second kappa shape index (κ2) is 15.7. The highest BCUT2D eigenvalue weighted by molar-refractivity contribution is 9.10. The Kier molecular flexibility index (Phi) is 11.7. The Morgan fingerprint density at radius 3 is 2.09 bits per heavy atom. The van der Waals surface area contributed by atoms with Crippen molar-refractivity contribution in [3.05, 3.63) is 130 Å². The minimum absolute atomic E-state index is 0.0688. The van der Waals surface area contributed by atoms with Crippen molar-refractivity contribution in [2.75, 3.05) is 17.4 Å². The molecular weight excluding hydrogens is 638 g/mol. The topological polar surface area (TPSA) is 86.8 Å². The van der Waals surface area contributed by atoms with Crippen molar-refractivity contribution < 1.29 is 18.0 Å². The zero-order valence-corrected chi connectivity index (χ0v) is 27.4. The molecule has 0 saturated heterocycles. The number of sulfonamides is 1. The normalized spacial score (nSPS) is 11.9. The van der Waals surface area contributed by atoms with E-state index in [1.54, 1.807) is 42.5 Å². The summed E-state index contributed by atoms with van der Waals surface area (Å²) in [6.07, 6.45) is 2.00. The summed E-state index contributed by atoms with van der Waals surface area (Å²) >= 11 is 3.41. The van der Waals surface area contributed by atoms with Crippen LogP contribution in [0.1, 0.15) is 36.5 Å². The number of nitrogens with zero attached hydrogens (tertiary/aromatic N) is 2. The van der Waals surface area contributed by atoms with E-state index in [-0.39, 0.29) is 23.8 Å². The molecular formula is C35H38BrN3O4S. The number of benzene rings is 4. The van der Waals surface area contributed by atoms with Crippen molar-refractivity contribution in [3.8, 4) is 0 Å². The molecule has 4 rings (SSSR count). The average Bonchev–Trinajstić information content (AvgIpc) is 3.03. The minimum Gasteiger partial charge on any atom is -0.354 e. The molecule has 7 nitrogen and oxygen atoms in total. The summed E-state index contributed by atoms with van der Waals surface area (Å²) < 4.78 is 29.9. The van der Waals surface area contributed by atoms with Crippen LogP contribution in [0.15, 0.2) is 119 Å². The lowest BCUT2D eigenvalue weighted by Crippen LogP contribution is -2.53. The Hall–Kier alpha value is -3.95. The Balaban J connectivity index is 1.78. The summed E-state index contributed by atoms with van der Waals surface area (Å²) in [6.45, 7) is 4.15. The van der Waals surface area contributed by atoms with Gasteiger partial charge in [-0.15, -0.1) is 0 Å². The molecule has 1 atom stereocenters. The van der Waals surface area contributed by atoms with Crippen molar-refractivity contribution in [1.29, 1.82) is 0 Å². The molecule has 4 aromatic rings. The monoisotopic (exact) mass is 675 g/mol. The van der Waals surface area contributed by atoms with Crippen LogP contribution in [0.2, 0.25) is 0 Å². The lowest BCUT2D eigenvalue weighted by atomic mass is 10.0. The highest BCUT2D eigenvalue weighted by Crippen LogP contribution is 2.26. The molecule has 0 unspecified atom stereocenters. The summed E-state index contributed by atoms with van der Waals surface area (Å²) in [5.41, 5.74) is 3.08. The van der Waals surface area contributed by atoms with Gasteiger partial charge < -0.3 is 10.2 Å². The lowest BCUT2D eigenvalue weighted by molar-refractivity contribution is -0.140. The van der Waals surface area contributed by atoms with Crippen molar-refractivity contribution >= 4 is 43.5 Å². The first-order valence-electron chi connectivity index (χ1n) is 14.7. The van der Waals surface area contributed by atoms with Gasteiger partial charge in [0.2, 0.25) is 11.8 Å². The van der Waals surface area contributed by atoms with Gasteiger partial charge in [0.25, 0.3) is 10.0 Å². The molecule has 1 N–H and O–H groups in total. The largest absolute Gasteiger partial charge is 0.354 e. The molecule has 0 saturated carbocycles. The van der Waals surface area contributed by atoms with Crippen LogP contribution in [-0.4, -0.2) is 44.3 Å². The van der Waals surface area contributed by atoms with Gasteiger partial charge in [-0.05, 0) is 66.4 Å². The molecule has 0 aliphatic rings. The smallest absolute Gasteiger partial charge is 0.264 e. The second-order valence-electron chi connectivity index (χ2n) is 10.6. The SMILES string of the molecule is CCCCNC(=O)[C@H](Cc1ccccc1)N(Cc1ccccc1C)C(=O)CN(c1ccc(Br)cc1)S(=O)(=O)c1ccccc1. The third-order valence-electron chi connectivity index (χ3n) is 7.43. The summed E-state index contributed by atoms with van der Waals surface area (Å²) in [7, 11) is -4.13. The molecule has 44 heavy (non-hydrogen) atoms. The van der Waals surface area contributed by atoms with Gasteiger partial charge in [-0.1, -0.05) is 102 Å². The van der Waals surface area contributed by atoms with Crippen LogP contribution in [0.25, 0.3) is 0 Å². The van der Waals surface area contributed by atoms with Gasteiger partial charge in [-0.3, -0.25) is 13.9 Å². The fraction of sp³-hybridized carbons (Fsp3) is 0.257. The summed E-state index contributed by atoms with van der Waals surface area (Å²) in [5, 5.41) is 3.02. The van der Waals surface area contributed by atoms with Crippen molar-refractivity contribution in [2.45, 2.75) is 50.6 Å². The van der Waals surface area contributed by atoms with Gasteiger partial charge in [0.05, 0.1) is 10.6 Å². The van der Waals surface area contributed by atoms with E-state index in [0.29, 0.717) is 12.2 Å². The number of hydrogen-bond donors (Lipinski definition) is 1. The fourth-order valence-electron chi connectivity index (χ4n) is 4.89.